The summed E-state index contributed by atoms with van der Waals surface area (Å²) in [6, 6.07) is 5.14. The second kappa shape index (κ2) is 50.4. The molecule has 0 atom stereocenters. The fourth-order valence-electron chi connectivity index (χ4n) is 8.77. The second-order valence-electron chi connectivity index (χ2n) is 19.2. The molecule has 0 aliphatic rings. The minimum absolute atomic E-state index is 0.363. The number of carbonyl (C=O) groups excluding carboxylic acids is 3. The Morgan fingerprint density at radius 3 is 0.561 bits per heavy atom. The third kappa shape index (κ3) is 38.5. The lowest BCUT2D eigenvalue weighted by Crippen LogP contribution is -2.50. The van der Waals surface area contributed by atoms with Crippen molar-refractivity contribution in [3.05, 3.63) is 35.4 Å². The van der Waals surface area contributed by atoms with Crippen LogP contribution in [-0.2, 0) is 4.79 Å². The van der Waals surface area contributed by atoms with Gasteiger partial charge in [0.2, 0.25) is 0 Å². The molecule has 0 bridgehead atoms. The highest BCUT2D eigenvalue weighted by Crippen LogP contribution is 2.19. The third-order valence-electron chi connectivity index (χ3n) is 13.2. The molecule has 0 spiro atoms. The molecule has 392 valence electrons. The number of benzene rings is 1. The Bertz CT molecular complexity index is 963. The largest absolute Gasteiger partial charge is 0.554 e. The van der Waals surface area contributed by atoms with Gasteiger partial charge in [0.15, 0.2) is 0 Å². The molecule has 0 heterocycles. The molecule has 0 amide bonds. The number of carboxylic acids is 2. The van der Waals surface area contributed by atoms with E-state index in [0.29, 0.717) is 0 Å². The van der Waals surface area contributed by atoms with Crippen LogP contribution in [-0.4, -0.2) is 110 Å². The van der Waals surface area contributed by atoms with Gasteiger partial charge < -0.3 is 43.2 Å². The lowest BCUT2D eigenvalue weighted by molar-refractivity contribution is -0.929. The minimum atomic E-state index is -1.52. The average molecular weight is 937 g/mol. The number of aromatic carboxylic acids is 2. The first-order valence-electron chi connectivity index (χ1n) is 27.9. The predicted octanol–water partition coefficient (Wildman–Crippen LogP) is 11.8. The van der Waals surface area contributed by atoms with Crippen LogP contribution in [0.5, 0.6) is 0 Å². The van der Waals surface area contributed by atoms with E-state index in [1.807, 2.05) is 0 Å². The van der Waals surface area contributed by atoms with E-state index < -0.39 is 18.4 Å². The minimum Gasteiger partial charge on any atom is -0.554 e. The molecule has 0 aliphatic heterocycles. The van der Waals surface area contributed by atoms with Crippen molar-refractivity contribution in [2.45, 2.75) is 237 Å². The molecule has 9 nitrogen and oxygen atoms in total. The number of carbonyl (C=O) groups is 3. The van der Waals surface area contributed by atoms with Crippen LogP contribution in [0.1, 0.15) is 258 Å². The number of rotatable bonds is 38. The van der Waals surface area contributed by atoms with Crippen LogP contribution in [0.3, 0.4) is 0 Å². The van der Waals surface area contributed by atoms with Gasteiger partial charge in [-0.15, -0.1) is 0 Å². The summed E-state index contributed by atoms with van der Waals surface area (Å²) < 4.78 is 4.26. The molecule has 0 saturated heterocycles. The van der Waals surface area contributed by atoms with Crippen LogP contribution < -0.4 is 15.3 Å². The Balaban J connectivity index is -0.000000382. The van der Waals surface area contributed by atoms with Gasteiger partial charge in [0.1, 0.15) is 0 Å². The second-order valence-corrected chi connectivity index (χ2v) is 19.2. The summed E-state index contributed by atoms with van der Waals surface area (Å²) in [6.07, 6.45) is 33.2. The van der Waals surface area contributed by atoms with Gasteiger partial charge >= 0.3 is 0 Å². The van der Waals surface area contributed by atoms with Crippen LogP contribution in [0.4, 0.5) is 0 Å². The standard InChI is InChI=1S/3C16H36N.C8H6O4.CH2O2/c3*1-5-9-13-17(14-10-6-2,15-11-7-3)16-12-8-4;9-7(10)5-3-1-2-4-6(5)8(11)12;2-1-3/h3*5-16H2,1-4H3;1-4H,(H,9,10)(H,11,12);1H,(H,2,3)/q3*+1;;/p-3. The highest BCUT2D eigenvalue weighted by molar-refractivity contribution is 5.99. The van der Waals surface area contributed by atoms with Crippen molar-refractivity contribution in [3.63, 3.8) is 0 Å². The normalized spacial score (nSPS) is 11.2. The summed E-state index contributed by atoms with van der Waals surface area (Å²) in [5.74, 6) is -3.04. The topological polar surface area (TPSA) is 120 Å². The molecule has 0 aliphatic carbocycles. The zero-order valence-electron chi connectivity index (χ0n) is 46.1. The van der Waals surface area contributed by atoms with E-state index in [1.165, 1.54) is 258 Å². The Morgan fingerprint density at radius 1 is 0.348 bits per heavy atom. The molecule has 0 unspecified atom stereocenters. The molecule has 1 aromatic carbocycles. The first-order chi connectivity index (χ1) is 31.8. The summed E-state index contributed by atoms with van der Waals surface area (Å²) in [5.41, 5.74) is -0.727. The van der Waals surface area contributed by atoms with Crippen molar-refractivity contribution >= 4 is 18.4 Å². The van der Waals surface area contributed by atoms with Crippen molar-refractivity contribution in [3.8, 4) is 0 Å². The van der Waals surface area contributed by atoms with Crippen molar-refractivity contribution in [2.75, 3.05) is 78.5 Å². The summed E-state index contributed by atoms with van der Waals surface area (Å²) in [4.78, 5) is 28.9. The monoisotopic (exact) mass is 936 g/mol. The molecule has 9 heteroatoms. The highest BCUT2D eigenvalue weighted by Gasteiger charge is 2.27. The van der Waals surface area contributed by atoms with E-state index in [1.54, 1.807) is 0 Å². The fourth-order valence-corrected chi connectivity index (χ4v) is 8.77. The SMILES string of the molecule is CCCC[N+](CCCC)(CCCC)CCCC.CCCC[N+](CCCC)(CCCC)CCCC.CCCC[N+](CCCC)(CCCC)CCCC.O=C([O-])c1ccccc1C(=O)[O-].O=C[O-]. The Kier molecular flexibility index (Phi) is 53.5. The first-order valence-corrected chi connectivity index (χ1v) is 27.9. The van der Waals surface area contributed by atoms with Crippen LogP contribution in [0, 0.1) is 0 Å². The van der Waals surface area contributed by atoms with E-state index >= 15 is 0 Å². The zero-order chi connectivity index (χ0) is 50.8. The molecule has 0 fully saturated rings. The van der Waals surface area contributed by atoms with Gasteiger partial charge in [-0.3, -0.25) is 0 Å². The maximum atomic E-state index is 10.3. The molecule has 1 rings (SSSR count). The summed E-state index contributed by atoms with van der Waals surface area (Å²) in [5, 5.41) is 28.9. The number of carboxylic acid groups (broad SMARTS) is 3. The number of unbranched alkanes of at least 4 members (excludes halogenated alkanes) is 12. The van der Waals surface area contributed by atoms with Crippen molar-refractivity contribution in [1.29, 1.82) is 0 Å². The van der Waals surface area contributed by atoms with Gasteiger partial charge in [-0.1, -0.05) is 184 Å². The van der Waals surface area contributed by atoms with Gasteiger partial charge in [-0.05, 0) is 77.0 Å². The van der Waals surface area contributed by atoms with Gasteiger partial charge in [-0.25, -0.2) is 0 Å². The lowest BCUT2D eigenvalue weighted by Gasteiger charge is -2.39. The van der Waals surface area contributed by atoms with E-state index in [4.69, 9.17) is 9.90 Å². The molecule has 0 aromatic heterocycles. The fraction of sp³-hybridized carbons (Fsp3) is 0.842. The number of quaternary nitrogens is 3. The van der Waals surface area contributed by atoms with Gasteiger partial charge in [0, 0.05) is 17.6 Å². The quantitative estimate of drug-likeness (QED) is 0.0481. The smallest absolute Gasteiger partial charge is 0.0786 e. The number of hydrogen-bond donors (Lipinski definition) is 0. The Morgan fingerprint density at radius 2 is 0.470 bits per heavy atom. The van der Waals surface area contributed by atoms with Gasteiger partial charge in [0.05, 0.1) is 90.5 Å². The van der Waals surface area contributed by atoms with Crippen LogP contribution in [0.15, 0.2) is 24.3 Å². The Labute approximate surface area is 411 Å². The molecule has 66 heavy (non-hydrogen) atoms. The maximum absolute atomic E-state index is 10.3. The van der Waals surface area contributed by atoms with Crippen LogP contribution in [0.25, 0.3) is 0 Å². The number of hydrogen-bond acceptors (Lipinski definition) is 6. The summed E-state index contributed by atoms with van der Waals surface area (Å²) in [6.45, 7) is 44.6. The van der Waals surface area contributed by atoms with Crippen LogP contribution >= 0.6 is 0 Å². The van der Waals surface area contributed by atoms with Gasteiger partial charge in [0.25, 0.3) is 0 Å². The first kappa shape index (κ1) is 70.1. The Hall–Kier alpha value is -2.49. The maximum Gasteiger partial charge on any atom is 0.0786 e. The van der Waals surface area contributed by atoms with Crippen molar-refractivity contribution in [1.82, 2.24) is 0 Å². The molecular weight excluding hydrogens is 823 g/mol. The molecule has 1 aromatic rings. The average Bonchev–Trinajstić information content (AvgIpc) is 3.33. The van der Waals surface area contributed by atoms with Crippen molar-refractivity contribution < 1.29 is 43.2 Å². The molecular formula is C57H113N3O6. The number of nitrogens with zero attached hydrogens (tertiary/aromatic N) is 3. The van der Waals surface area contributed by atoms with Crippen molar-refractivity contribution in [2.24, 2.45) is 0 Å². The van der Waals surface area contributed by atoms with E-state index in [-0.39, 0.29) is 11.1 Å². The summed E-state index contributed by atoms with van der Waals surface area (Å²) >= 11 is 0. The van der Waals surface area contributed by atoms with Gasteiger partial charge in [-0.2, -0.15) is 0 Å². The van der Waals surface area contributed by atoms with Crippen LogP contribution in [0.2, 0.25) is 0 Å². The third-order valence-corrected chi connectivity index (χ3v) is 13.2. The lowest BCUT2D eigenvalue weighted by atomic mass is 10.1. The molecule has 0 N–H and O–H groups in total. The molecule has 0 radical (unpaired) electrons. The van der Waals surface area contributed by atoms with E-state index in [2.05, 4.69) is 83.1 Å². The highest BCUT2D eigenvalue weighted by atomic mass is 16.4. The molecule has 0 saturated carbocycles. The van der Waals surface area contributed by atoms with E-state index in [9.17, 15) is 19.8 Å². The summed E-state index contributed by atoms with van der Waals surface area (Å²) in [7, 11) is 0. The predicted molar refractivity (Wildman–Crippen MR) is 279 cm³/mol. The zero-order valence-corrected chi connectivity index (χ0v) is 46.1. The van der Waals surface area contributed by atoms with E-state index in [0.717, 1.165) is 12.1 Å².